The normalized spacial score (nSPS) is 16.7. The van der Waals surface area contributed by atoms with Crippen LogP contribution < -0.4 is 11.1 Å². The minimum atomic E-state index is 0.269. The second kappa shape index (κ2) is 4.99. The monoisotopic (exact) mass is 257 g/mol. The van der Waals surface area contributed by atoms with Crippen LogP contribution in [0.1, 0.15) is 43.7 Å². The molecule has 0 atom stereocenters. The number of nitrogens with one attached hydrogen (secondary N) is 1. The predicted molar refractivity (Wildman–Crippen MR) is 77.1 cm³/mol. The van der Waals surface area contributed by atoms with Crippen molar-refractivity contribution >= 4 is 22.8 Å². The molecule has 0 unspecified atom stereocenters. The number of pyridine rings is 1. The lowest BCUT2D eigenvalue weighted by atomic mass is 9.86. The lowest BCUT2D eigenvalue weighted by Crippen LogP contribution is -2.08. The van der Waals surface area contributed by atoms with Gasteiger partial charge in [0, 0.05) is 18.7 Å². The second-order valence-corrected chi connectivity index (χ2v) is 5.12. The maximum atomic E-state index is 5.73. The van der Waals surface area contributed by atoms with Crippen LogP contribution in [0.3, 0.4) is 0 Å². The summed E-state index contributed by atoms with van der Waals surface area (Å²) in [5.74, 6) is 1.59. The molecule has 100 valence electrons. The molecule has 2 heterocycles. The number of anilines is 2. The summed E-state index contributed by atoms with van der Waals surface area (Å²) in [6.45, 7) is 0. The molecule has 1 saturated carbocycles. The molecule has 19 heavy (non-hydrogen) atoms. The summed E-state index contributed by atoms with van der Waals surface area (Å²) in [6, 6.07) is 4.16. The summed E-state index contributed by atoms with van der Waals surface area (Å²) in [4.78, 5) is 13.1. The van der Waals surface area contributed by atoms with E-state index in [2.05, 4.69) is 27.4 Å². The molecule has 0 aliphatic heterocycles. The first-order chi connectivity index (χ1) is 9.28. The number of fused-ring (bicyclic) bond motifs is 1. The van der Waals surface area contributed by atoms with Crippen LogP contribution >= 0.6 is 0 Å². The first kappa shape index (κ1) is 12.1. The molecule has 1 fully saturated rings. The fourth-order valence-corrected chi connectivity index (χ4v) is 2.86. The third-order valence-electron chi connectivity index (χ3n) is 3.86. The van der Waals surface area contributed by atoms with Crippen molar-refractivity contribution in [2.75, 3.05) is 18.1 Å². The van der Waals surface area contributed by atoms with Gasteiger partial charge in [-0.25, -0.2) is 4.98 Å². The Morgan fingerprint density at radius 1 is 1.11 bits per heavy atom. The van der Waals surface area contributed by atoms with Gasteiger partial charge in [0.2, 0.25) is 5.95 Å². The van der Waals surface area contributed by atoms with Crippen molar-refractivity contribution in [3.63, 3.8) is 0 Å². The summed E-state index contributed by atoms with van der Waals surface area (Å²) in [5, 5.41) is 3.97. The van der Waals surface area contributed by atoms with Gasteiger partial charge in [0.05, 0.1) is 5.39 Å². The van der Waals surface area contributed by atoms with E-state index in [1.165, 1.54) is 32.1 Å². The summed E-state index contributed by atoms with van der Waals surface area (Å²) in [5.41, 5.74) is 7.57. The number of rotatable bonds is 2. The Morgan fingerprint density at radius 3 is 2.63 bits per heavy atom. The standard InChI is InChI=1S/C14H19N5/c1-16-12-10-7-8-11(9-5-3-2-4-6-9)17-13(10)19-14(15)18-12/h7-9H,2-6H2,1H3,(H3,15,16,17,18,19). The van der Waals surface area contributed by atoms with E-state index in [0.29, 0.717) is 11.6 Å². The van der Waals surface area contributed by atoms with Gasteiger partial charge in [-0.05, 0) is 25.0 Å². The van der Waals surface area contributed by atoms with E-state index in [1.54, 1.807) is 0 Å². The third-order valence-corrected chi connectivity index (χ3v) is 3.86. The molecule has 2 aromatic heterocycles. The minimum Gasteiger partial charge on any atom is -0.372 e. The second-order valence-electron chi connectivity index (χ2n) is 5.12. The fourth-order valence-electron chi connectivity index (χ4n) is 2.86. The van der Waals surface area contributed by atoms with Crippen molar-refractivity contribution in [1.82, 2.24) is 15.0 Å². The van der Waals surface area contributed by atoms with Crippen molar-refractivity contribution in [2.45, 2.75) is 38.0 Å². The molecule has 0 aromatic carbocycles. The zero-order chi connectivity index (χ0) is 13.2. The van der Waals surface area contributed by atoms with E-state index in [-0.39, 0.29) is 5.95 Å². The van der Waals surface area contributed by atoms with Gasteiger partial charge in [-0.1, -0.05) is 19.3 Å². The van der Waals surface area contributed by atoms with E-state index in [4.69, 9.17) is 10.7 Å². The number of hydrogen-bond acceptors (Lipinski definition) is 5. The van der Waals surface area contributed by atoms with Crippen molar-refractivity contribution in [2.24, 2.45) is 0 Å². The number of nitrogen functional groups attached to an aromatic ring is 1. The molecule has 0 bridgehead atoms. The lowest BCUT2D eigenvalue weighted by molar-refractivity contribution is 0.437. The highest BCUT2D eigenvalue weighted by atomic mass is 15.1. The topological polar surface area (TPSA) is 76.7 Å². The van der Waals surface area contributed by atoms with Gasteiger partial charge in [-0.15, -0.1) is 0 Å². The molecule has 3 rings (SSSR count). The van der Waals surface area contributed by atoms with Crippen molar-refractivity contribution in [3.8, 4) is 0 Å². The summed E-state index contributed by atoms with van der Waals surface area (Å²) in [7, 11) is 1.83. The van der Waals surface area contributed by atoms with Crippen LogP contribution in [0.2, 0.25) is 0 Å². The molecule has 0 spiro atoms. The Balaban J connectivity index is 2.04. The van der Waals surface area contributed by atoms with Crippen molar-refractivity contribution in [1.29, 1.82) is 0 Å². The highest BCUT2D eigenvalue weighted by Crippen LogP contribution is 2.32. The number of hydrogen-bond donors (Lipinski definition) is 2. The van der Waals surface area contributed by atoms with Gasteiger partial charge in [-0.2, -0.15) is 9.97 Å². The van der Waals surface area contributed by atoms with E-state index in [9.17, 15) is 0 Å². The quantitative estimate of drug-likeness (QED) is 0.865. The first-order valence-corrected chi connectivity index (χ1v) is 6.90. The Morgan fingerprint density at radius 2 is 1.89 bits per heavy atom. The molecule has 1 aliphatic carbocycles. The van der Waals surface area contributed by atoms with E-state index < -0.39 is 0 Å². The van der Waals surface area contributed by atoms with Gasteiger partial charge in [0.1, 0.15) is 5.82 Å². The molecule has 0 radical (unpaired) electrons. The summed E-state index contributed by atoms with van der Waals surface area (Å²) >= 11 is 0. The Kier molecular flexibility index (Phi) is 3.19. The predicted octanol–water partition coefficient (Wildman–Crippen LogP) is 2.70. The molecule has 5 nitrogen and oxygen atoms in total. The molecule has 2 aromatic rings. The van der Waals surface area contributed by atoms with Crippen LogP contribution in [0.5, 0.6) is 0 Å². The average Bonchev–Trinajstić information content (AvgIpc) is 2.46. The number of nitrogens with two attached hydrogens (primary N) is 1. The molecule has 1 aliphatic rings. The third kappa shape index (κ3) is 2.32. The van der Waals surface area contributed by atoms with Crippen LogP contribution in [0, 0.1) is 0 Å². The van der Waals surface area contributed by atoms with Crippen LogP contribution in [0.25, 0.3) is 11.0 Å². The number of nitrogens with zero attached hydrogens (tertiary/aromatic N) is 3. The molecular formula is C14H19N5. The van der Waals surface area contributed by atoms with Gasteiger partial charge >= 0.3 is 0 Å². The minimum absolute atomic E-state index is 0.269. The summed E-state index contributed by atoms with van der Waals surface area (Å²) < 4.78 is 0. The molecular weight excluding hydrogens is 238 g/mol. The van der Waals surface area contributed by atoms with E-state index >= 15 is 0 Å². The van der Waals surface area contributed by atoms with Gasteiger partial charge in [0.25, 0.3) is 0 Å². The average molecular weight is 257 g/mol. The first-order valence-electron chi connectivity index (χ1n) is 6.90. The maximum absolute atomic E-state index is 5.73. The van der Waals surface area contributed by atoms with Crippen molar-refractivity contribution < 1.29 is 0 Å². The van der Waals surface area contributed by atoms with Crippen LogP contribution in [-0.4, -0.2) is 22.0 Å². The molecule has 0 saturated heterocycles. The largest absolute Gasteiger partial charge is 0.372 e. The van der Waals surface area contributed by atoms with Gasteiger partial charge < -0.3 is 11.1 Å². The Labute approximate surface area is 112 Å². The SMILES string of the molecule is CNc1nc(N)nc2nc(C3CCCCC3)ccc12. The molecule has 5 heteroatoms. The zero-order valence-corrected chi connectivity index (χ0v) is 11.2. The Hall–Kier alpha value is -1.91. The van der Waals surface area contributed by atoms with Crippen LogP contribution in [0.4, 0.5) is 11.8 Å². The highest BCUT2D eigenvalue weighted by Gasteiger charge is 2.18. The van der Waals surface area contributed by atoms with Gasteiger partial charge in [0.15, 0.2) is 5.65 Å². The maximum Gasteiger partial charge on any atom is 0.224 e. The van der Waals surface area contributed by atoms with Crippen molar-refractivity contribution in [3.05, 3.63) is 17.8 Å². The fraction of sp³-hybridized carbons (Fsp3) is 0.500. The zero-order valence-electron chi connectivity index (χ0n) is 11.2. The smallest absolute Gasteiger partial charge is 0.224 e. The number of aromatic nitrogens is 3. The summed E-state index contributed by atoms with van der Waals surface area (Å²) in [6.07, 6.45) is 6.43. The highest BCUT2D eigenvalue weighted by molar-refractivity contribution is 5.87. The van der Waals surface area contributed by atoms with Crippen LogP contribution in [0.15, 0.2) is 12.1 Å². The van der Waals surface area contributed by atoms with E-state index in [1.807, 2.05) is 7.05 Å². The lowest BCUT2D eigenvalue weighted by Gasteiger charge is -2.21. The molecule has 0 amide bonds. The van der Waals surface area contributed by atoms with Crippen LogP contribution in [-0.2, 0) is 0 Å². The van der Waals surface area contributed by atoms with Gasteiger partial charge in [-0.3, -0.25) is 0 Å². The Bertz CT molecular complexity index is 590. The van der Waals surface area contributed by atoms with E-state index in [0.717, 1.165) is 16.9 Å². The molecule has 3 N–H and O–H groups in total.